The molecule has 0 radical (unpaired) electrons. The van der Waals surface area contributed by atoms with Crippen LogP contribution in [0.25, 0.3) is 0 Å². The fourth-order valence-corrected chi connectivity index (χ4v) is 4.06. The summed E-state index contributed by atoms with van der Waals surface area (Å²) in [5.74, 6) is 0. The molecule has 1 unspecified atom stereocenters. The lowest BCUT2D eigenvalue weighted by Gasteiger charge is -2.37. The quantitative estimate of drug-likeness (QED) is 0.845. The van der Waals surface area contributed by atoms with E-state index < -0.39 is 0 Å². The lowest BCUT2D eigenvalue weighted by Crippen LogP contribution is -2.47. The number of hydrogen-bond donors (Lipinski definition) is 1. The Bertz CT molecular complexity index is 271. The first-order chi connectivity index (χ1) is 9.02. The molecule has 1 N–H and O–H groups in total. The van der Waals surface area contributed by atoms with E-state index in [-0.39, 0.29) is 0 Å². The van der Waals surface area contributed by atoms with Crippen LogP contribution < -0.4 is 5.32 Å². The summed E-state index contributed by atoms with van der Waals surface area (Å²) in [6.45, 7) is 9.69. The van der Waals surface area contributed by atoms with Crippen LogP contribution in [0.1, 0.15) is 46.0 Å². The standard InChI is InChI=1S/C16H33N3/c1-16(2)12-18(4)15(10-17-3)11-19(13-16)14-8-6-5-7-9-14/h14-15,17H,5-13H2,1-4H3. The monoisotopic (exact) mass is 267 g/mol. The third kappa shape index (κ3) is 4.17. The number of nitrogens with zero attached hydrogens (tertiary/aromatic N) is 2. The Labute approximate surface area is 119 Å². The van der Waals surface area contributed by atoms with Crippen LogP contribution in [0.15, 0.2) is 0 Å². The first kappa shape index (κ1) is 15.3. The second-order valence-electron chi connectivity index (χ2n) is 7.51. The predicted octanol–water partition coefficient (Wildman–Crippen LogP) is 2.18. The number of nitrogens with one attached hydrogen (secondary N) is 1. The molecule has 0 aromatic rings. The third-order valence-electron chi connectivity index (χ3n) is 4.91. The van der Waals surface area contributed by atoms with E-state index in [1.54, 1.807) is 0 Å². The maximum Gasteiger partial charge on any atom is 0.0345 e. The molecule has 1 saturated carbocycles. The Morgan fingerprint density at radius 2 is 1.79 bits per heavy atom. The van der Waals surface area contributed by atoms with Crippen LogP contribution in [0.2, 0.25) is 0 Å². The van der Waals surface area contributed by atoms with Gasteiger partial charge in [0.25, 0.3) is 0 Å². The van der Waals surface area contributed by atoms with Gasteiger partial charge in [0, 0.05) is 38.3 Å². The molecule has 3 nitrogen and oxygen atoms in total. The van der Waals surface area contributed by atoms with Crippen LogP contribution in [-0.4, -0.2) is 62.2 Å². The molecule has 0 amide bonds. The Morgan fingerprint density at radius 1 is 1.11 bits per heavy atom. The van der Waals surface area contributed by atoms with Crippen molar-refractivity contribution in [3.05, 3.63) is 0 Å². The van der Waals surface area contributed by atoms with Gasteiger partial charge < -0.3 is 10.2 Å². The fourth-order valence-electron chi connectivity index (χ4n) is 4.06. The molecule has 112 valence electrons. The van der Waals surface area contributed by atoms with Crippen molar-refractivity contribution >= 4 is 0 Å². The predicted molar refractivity (Wildman–Crippen MR) is 82.6 cm³/mol. The second kappa shape index (κ2) is 6.55. The van der Waals surface area contributed by atoms with Gasteiger partial charge in [0.15, 0.2) is 0 Å². The topological polar surface area (TPSA) is 18.5 Å². The first-order valence-electron chi connectivity index (χ1n) is 8.11. The highest BCUT2D eigenvalue weighted by atomic mass is 15.3. The number of hydrogen-bond acceptors (Lipinski definition) is 3. The van der Waals surface area contributed by atoms with Gasteiger partial charge in [-0.15, -0.1) is 0 Å². The van der Waals surface area contributed by atoms with Gasteiger partial charge in [-0.25, -0.2) is 0 Å². The molecule has 1 atom stereocenters. The lowest BCUT2D eigenvalue weighted by molar-refractivity contribution is 0.117. The zero-order chi connectivity index (χ0) is 13.9. The Hall–Kier alpha value is -0.120. The highest BCUT2D eigenvalue weighted by Crippen LogP contribution is 2.29. The molecule has 3 heteroatoms. The molecule has 2 rings (SSSR count). The summed E-state index contributed by atoms with van der Waals surface area (Å²) in [5, 5.41) is 3.38. The van der Waals surface area contributed by atoms with Gasteiger partial charge in [0.2, 0.25) is 0 Å². The van der Waals surface area contributed by atoms with Crippen LogP contribution >= 0.6 is 0 Å². The van der Waals surface area contributed by atoms with E-state index in [0.29, 0.717) is 11.5 Å². The summed E-state index contributed by atoms with van der Waals surface area (Å²) >= 11 is 0. The van der Waals surface area contributed by atoms with E-state index >= 15 is 0 Å². The first-order valence-corrected chi connectivity index (χ1v) is 8.11. The maximum atomic E-state index is 3.38. The molecule has 1 heterocycles. The summed E-state index contributed by atoms with van der Waals surface area (Å²) < 4.78 is 0. The zero-order valence-electron chi connectivity index (χ0n) is 13.4. The summed E-state index contributed by atoms with van der Waals surface area (Å²) in [7, 11) is 4.38. The van der Waals surface area contributed by atoms with Crippen LogP contribution in [0.5, 0.6) is 0 Å². The van der Waals surface area contributed by atoms with Crippen molar-refractivity contribution in [2.75, 3.05) is 40.3 Å². The van der Waals surface area contributed by atoms with Crippen molar-refractivity contribution in [3.63, 3.8) is 0 Å². The van der Waals surface area contributed by atoms with Crippen LogP contribution in [0.3, 0.4) is 0 Å². The fraction of sp³-hybridized carbons (Fsp3) is 1.00. The van der Waals surface area contributed by atoms with Crippen LogP contribution in [0, 0.1) is 5.41 Å². The lowest BCUT2D eigenvalue weighted by atomic mass is 9.89. The molecule has 0 bridgehead atoms. The number of likely N-dealkylation sites (N-methyl/N-ethyl adjacent to an activating group) is 2. The van der Waals surface area contributed by atoms with E-state index in [1.807, 2.05) is 0 Å². The molecule has 1 aliphatic heterocycles. The summed E-state index contributed by atoms with van der Waals surface area (Å²) in [5.41, 5.74) is 0.411. The van der Waals surface area contributed by atoms with Gasteiger partial charge in [-0.1, -0.05) is 33.1 Å². The molecular weight excluding hydrogens is 234 g/mol. The van der Waals surface area contributed by atoms with E-state index in [9.17, 15) is 0 Å². The molecular formula is C16H33N3. The smallest absolute Gasteiger partial charge is 0.0345 e. The van der Waals surface area contributed by atoms with Crippen molar-refractivity contribution in [2.45, 2.75) is 58.0 Å². The van der Waals surface area contributed by atoms with Crippen molar-refractivity contribution in [3.8, 4) is 0 Å². The van der Waals surface area contributed by atoms with Gasteiger partial charge in [0.05, 0.1) is 0 Å². The molecule has 2 aliphatic rings. The molecule has 19 heavy (non-hydrogen) atoms. The molecule has 1 aliphatic carbocycles. The minimum Gasteiger partial charge on any atom is -0.318 e. The van der Waals surface area contributed by atoms with Crippen LogP contribution in [-0.2, 0) is 0 Å². The minimum absolute atomic E-state index is 0.411. The van der Waals surface area contributed by atoms with E-state index in [2.05, 4.69) is 43.1 Å². The van der Waals surface area contributed by atoms with Gasteiger partial charge in [-0.05, 0) is 32.4 Å². The van der Waals surface area contributed by atoms with Crippen molar-refractivity contribution in [2.24, 2.45) is 5.41 Å². The molecule has 0 spiro atoms. The Kier molecular flexibility index (Phi) is 5.27. The van der Waals surface area contributed by atoms with Crippen molar-refractivity contribution < 1.29 is 0 Å². The SMILES string of the molecule is CNCC1CN(C2CCCCC2)CC(C)(C)CN1C. The maximum absolute atomic E-state index is 3.38. The highest BCUT2D eigenvalue weighted by Gasteiger charge is 2.35. The van der Waals surface area contributed by atoms with Gasteiger partial charge >= 0.3 is 0 Å². The summed E-state index contributed by atoms with van der Waals surface area (Å²) in [6.07, 6.45) is 7.17. The third-order valence-corrected chi connectivity index (χ3v) is 4.91. The molecule has 0 aromatic carbocycles. The van der Waals surface area contributed by atoms with E-state index in [1.165, 1.54) is 51.7 Å². The van der Waals surface area contributed by atoms with Crippen molar-refractivity contribution in [1.82, 2.24) is 15.1 Å². The number of rotatable bonds is 3. The van der Waals surface area contributed by atoms with Crippen LogP contribution in [0.4, 0.5) is 0 Å². The van der Waals surface area contributed by atoms with E-state index in [4.69, 9.17) is 0 Å². The van der Waals surface area contributed by atoms with Crippen molar-refractivity contribution in [1.29, 1.82) is 0 Å². The highest BCUT2D eigenvalue weighted by molar-refractivity contribution is 4.90. The normalized spacial score (nSPS) is 31.3. The minimum atomic E-state index is 0.411. The zero-order valence-corrected chi connectivity index (χ0v) is 13.4. The summed E-state index contributed by atoms with van der Waals surface area (Å²) in [6, 6.07) is 1.51. The molecule has 0 aromatic heterocycles. The average molecular weight is 267 g/mol. The average Bonchev–Trinajstić information content (AvgIpc) is 2.47. The van der Waals surface area contributed by atoms with Gasteiger partial charge in [-0.2, -0.15) is 0 Å². The molecule has 1 saturated heterocycles. The summed E-state index contributed by atoms with van der Waals surface area (Å²) in [4.78, 5) is 5.38. The van der Waals surface area contributed by atoms with E-state index in [0.717, 1.165) is 12.6 Å². The largest absolute Gasteiger partial charge is 0.318 e. The Morgan fingerprint density at radius 3 is 2.42 bits per heavy atom. The second-order valence-corrected chi connectivity index (χ2v) is 7.51. The Balaban J connectivity index is 2.07. The van der Waals surface area contributed by atoms with Gasteiger partial charge in [0.1, 0.15) is 0 Å². The van der Waals surface area contributed by atoms with Gasteiger partial charge in [-0.3, -0.25) is 4.90 Å². The molecule has 2 fully saturated rings.